The van der Waals surface area contributed by atoms with E-state index in [1.54, 1.807) is 14.2 Å². The summed E-state index contributed by atoms with van der Waals surface area (Å²) in [6.45, 7) is 1.55. The van der Waals surface area contributed by atoms with Crippen molar-refractivity contribution in [1.82, 2.24) is 14.9 Å². The number of nitrogens with zero attached hydrogens (tertiary/aromatic N) is 3. The molecule has 6 nitrogen and oxygen atoms in total. The lowest BCUT2D eigenvalue weighted by atomic mass is 9.95. The van der Waals surface area contributed by atoms with E-state index < -0.39 is 0 Å². The molecule has 148 valence electrons. The normalized spacial score (nSPS) is 15.2. The van der Waals surface area contributed by atoms with Crippen LogP contribution in [0.5, 0.6) is 11.5 Å². The van der Waals surface area contributed by atoms with Crippen molar-refractivity contribution in [3.05, 3.63) is 65.4 Å². The third kappa shape index (κ3) is 3.93. The van der Waals surface area contributed by atoms with Crippen LogP contribution in [0.4, 0.5) is 5.95 Å². The first-order valence-corrected chi connectivity index (χ1v) is 9.41. The number of rotatable bonds is 4. The van der Waals surface area contributed by atoms with Gasteiger partial charge in [0.25, 0.3) is 0 Å². The first-order chi connectivity index (χ1) is 14.1. The van der Waals surface area contributed by atoms with Crippen LogP contribution >= 0.6 is 0 Å². The van der Waals surface area contributed by atoms with Gasteiger partial charge in [0.05, 0.1) is 25.6 Å². The van der Waals surface area contributed by atoms with Gasteiger partial charge in [-0.15, -0.1) is 0 Å². The number of likely N-dealkylation sites (N-methyl/N-ethyl adjacent to an activating group) is 1. The van der Waals surface area contributed by atoms with Gasteiger partial charge in [-0.2, -0.15) is 0 Å². The highest BCUT2D eigenvalue weighted by Gasteiger charge is 2.24. The Balaban J connectivity index is 1.81. The fourth-order valence-corrected chi connectivity index (χ4v) is 3.61. The zero-order chi connectivity index (χ0) is 20.4. The summed E-state index contributed by atoms with van der Waals surface area (Å²) in [6, 6.07) is 15.9. The molecular formula is C23H24N4O2. The fourth-order valence-electron chi connectivity index (χ4n) is 3.61. The Hall–Kier alpha value is -3.38. The number of hydrogen-bond donors (Lipinski definition) is 1. The number of fused-ring (bicyclic) bond motifs is 1. The molecule has 4 rings (SSSR count). The van der Waals surface area contributed by atoms with E-state index in [2.05, 4.69) is 28.0 Å². The summed E-state index contributed by atoms with van der Waals surface area (Å²) in [5, 5.41) is 0. The minimum Gasteiger partial charge on any atom is -0.497 e. The average molecular weight is 388 g/mol. The second kappa shape index (κ2) is 7.93. The molecule has 2 aromatic carbocycles. The molecule has 0 saturated carbocycles. The van der Waals surface area contributed by atoms with Gasteiger partial charge in [0.2, 0.25) is 5.95 Å². The maximum absolute atomic E-state index is 6.10. The zero-order valence-electron chi connectivity index (χ0n) is 16.8. The smallest absolute Gasteiger partial charge is 0.221 e. The molecule has 0 bridgehead atoms. The van der Waals surface area contributed by atoms with Crippen molar-refractivity contribution in [2.24, 2.45) is 0 Å². The molecular weight excluding hydrogens is 364 g/mol. The largest absolute Gasteiger partial charge is 0.497 e. The van der Waals surface area contributed by atoms with Crippen molar-refractivity contribution in [3.8, 4) is 22.8 Å². The molecule has 3 aromatic rings. The van der Waals surface area contributed by atoms with E-state index in [4.69, 9.17) is 15.2 Å². The Labute approximate surface area is 170 Å². The topological polar surface area (TPSA) is 73.5 Å². The number of ether oxygens (including phenoxy) is 2. The maximum atomic E-state index is 6.10. The van der Waals surface area contributed by atoms with Crippen LogP contribution in [0.3, 0.4) is 0 Å². The van der Waals surface area contributed by atoms with Crippen LogP contribution in [-0.2, 0) is 6.54 Å². The van der Waals surface area contributed by atoms with Gasteiger partial charge in [0.15, 0.2) is 0 Å². The average Bonchev–Trinajstić information content (AvgIpc) is 2.74. The van der Waals surface area contributed by atoms with Gasteiger partial charge >= 0.3 is 0 Å². The standard InChI is InChI=1S/C23H24N4O2/c1-27-13-17(12-15-4-8-18(28-2)9-5-15)22-20(14-27)21(25-23(24)26-22)16-6-10-19(29-3)11-7-16/h4-12H,13-14H2,1-3H3,(H2,24,25,26). The molecule has 2 N–H and O–H groups in total. The number of nitrogen functional groups attached to an aromatic ring is 1. The van der Waals surface area contributed by atoms with Gasteiger partial charge in [-0.1, -0.05) is 12.1 Å². The third-order valence-corrected chi connectivity index (χ3v) is 5.02. The minimum atomic E-state index is 0.278. The van der Waals surface area contributed by atoms with Crippen LogP contribution in [-0.4, -0.2) is 42.7 Å². The number of hydrogen-bond acceptors (Lipinski definition) is 6. The molecule has 0 atom stereocenters. The number of benzene rings is 2. The molecule has 0 amide bonds. The molecule has 0 saturated heterocycles. The number of nitrogens with two attached hydrogens (primary N) is 1. The van der Waals surface area contributed by atoms with Crippen molar-refractivity contribution >= 4 is 17.6 Å². The fraction of sp³-hybridized carbons (Fsp3) is 0.217. The summed E-state index contributed by atoms with van der Waals surface area (Å²) in [4.78, 5) is 11.4. The zero-order valence-corrected chi connectivity index (χ0v) is 16.8. The summed E-state index contributed by atoms with van der Waals surface area (Å²) in [5.41, 5.74) is 12.2. The number of methoxy groups -OCH3 is 2. The summed E-state index contributed by atoms with van der Waals surface area (Å²) in [5.74, 6) is 1.92. The van der Waals surface area contributed by atoms with Gasteiger partial charge in [-0.3, -0.25) is 4.90 Å². The van der Waals surface area contributed by atoms with E-state index in [0.717, 1.165) is 58.2 Å². The molecule has 0 aliphatic carbocycles. The van der Waals surface area contributed by atoms with E-state index in [9.17, 15) is 0 Å². The van der Waals surface area contributed by atoms with E-state index in [1.807, 2.05) is 48.5 Å². The molecule has 0 fully saturated rings. The van der Waals surface area contributed by atoms with Crippen LogP contribution in [0.25, 0.3) is 22.9 Å². The molecule has 1 aliphatic rings. The van der Waals surface area contributed by atoms with Crippen LogP contribution < -0.4 is 15.2 Å². The lowest BCUT2D eigenvalue weighted by Gasteiger charge is -2.28. The molecule has 6 heteroatoms. The van der Waals surface area contributed by atoms with E-state index in [-0.39, 0.29) is 5.95 Å². The van der Waals surface area contributed by atoms with Crippen molar-refractivity contribution in [2.45, 2.75) is 6.54 Å². The molecule has 0 unspecified atom stereocenters. The van der Waals surface area contributed by atoms with Crippen LogP contribution in [0.1, 0.15) is 16.8 Å². The lowest BCUT2D eigenvalue weighted by molar-refractivity contribution is 0.358. The van der Waals surface area contributed by atoms with Gasteiger partial charge < -0.3 is 15.2 Å². The minimum absolute atomic E-state index is 0.278. The summed E-state index contributed by atoms with van der Waals surface area (Å²) in [7, 11) is 5.42. The molecule has 0 spiro atoms. The summed E-state index contributed by atoms with van der Waals surface area (Å²) in [6.07, 6.45) is 2.15. The Kier molecular flexibility index (Phi) is 5.18. The second-order valence-electron chi connectivity index (χ2n) is 7.10. The molecule has 1 aromatic heterocycles. The van der Waals surface area contributed by atoms with Gasteiger partial charge in [-0.25, -0.2) is 9.97 Å². The molecule has 0 radical (unpaired) electrons. The predicted molar refractivity (Wildman–Crippen MR) is 116 cm³/mol. The van der Waals surface area contributed by atoms with E-state index >= 15 is 0 Å². The van der Waals surface area contributed by atoms with Crippen molar-refractivity contribution < 1.29 is 9.47 Å². The Morgan fingerprint density at radius 3 is 2.07 bits per heavy atom. The predicted octanol–water partition coefficient (Wildman–Crippen LogP) is 3.73. The second-order valence-corrected chi connectivity index (χ2v) is 7.10. The van der Waals surface area contributed by atoms with Crippen molar-refractivity contribution in [2.75, 3.05) is 33.5 Å². The Morgan fingerprint density at radius 2 is 1.45 bits per heavy atom. The van der Waals surface area contributed by atoms with Crippen LogP contribution in [0, 0.1) is 0 Å². The first kappa shape index (κ1) is 19.0. The summed E-state index contributed by atoms with van der Waals surface area (Å²) < 4.78 is 10.5. The highest BCUT2D eigenvalue weighted by molar-refractivity contribution is 5.86. The lowest BCUT2D eigenvalue weighted by Crippen LogP contribution is -2.28. The third-order valence-electron chi connectivity index (χ3n) is 5.02. The Morgan fingerprint density at radius 1 is 0.862 bits per heavy atom. The molecule has 29 heavy (non-hydrogen) atoms. The first-order valence-electron chi connectivity index (χ1n) is 9.41. The van der Waals surface area contributed by atoms with Crippen LogP contribution in [0.2, 0.25) is 0 Å². The Bertz CT molecular complexity index is 1040. The van der Waals surface area contributed by atoms with Crippen molar-refractivity contribution in [3.63, 3.8) is 0 Å². The molecule has 2 heterocycles. The maximum Gasteiger partial charge on any atom is 0.221 e. The van der Waals surface area contributed by atoms with Gasteiger partial charge in [0, 0.05) is 24.2 Å². The van der Waals surface area contributed by atoms with Gasteiger partial charge in [-0.05, 0) is 60.7 Å². The number of aromatic nitrogens is 2. The van der Waals surface area contributed by atoms with Crippen molar-refractivity contribution in [1.29, 1.82) is 0 Å². The highest BCUT2D eigenvalue weighted by Crippen LogP contribution is 2.34. The van der Waals surface area contributed by atoms with Crippen LogP contribution in [0.15, 0.2) is 48.5 Å². The highest BCUT2D eigenvalue weighted by atomic mass is 16.5. The number of anilines is 1. The summed E-state index contributed by atoms with van der Waals surface area (Å²) >= 11 is 0. The van der Waals surface area contributed by atoms with Gasteiger partial charge in [0.1, 0.15) is 11.5 Å². The van der Waals surface area contributed by atoms with E-state index in [0.29, 0.717) is 0 Å². The quantitative estimate of drug-likeness (QED) is 0.734. The SMILES string of the molecule is COc1ccc(C=C2CN(C)Cc3c2nc(N)nc3-c2ccc(OC)cc2)cc1. The monoisotopic (exact) mass is 388 g/mol. The van der Waals surface area contributed by atoms with E-state index in [1.165, 1.54) is 0 Å². The molecule has 1 aliphatic heterocycles.